The fourth-order valence-corrected chi connectivity index (χ4v) is 0.463. The van der Waals surface area contributed by atoms with Gasteiger partial charge in [0.25, 0.3) is 0 Å². The Labute approximate surface area is 58.8 Å². The average Bonchev–Trinajstić information content (AvgIpc) is 1.77. The second kappa shape index (κ2) is 2.62. The molecule has 0 radical (unpaired) electrons. The first-order chi connectivity index (χ1) is 4.70. The van der Waals surface area contributed by atoms with Gasteiger partial charge in [0.2, 0.25) is 5.91 Å². The largest absolute Gasteiger partial charge is 0.320 e. The van der Waals surface area contributed by atoms with Crippen LogP contribution in [0.15, 0.2) is 17.3 Å². The van der Waals surface area contributed by atoms with Crippen LogP contribution >= 0.6 is 0 Å². The van der Waals surface area contributed by atoms with E-state index < -0.39 is 6.04 Å². The molecule has 0 saturated heterocycles. The van der Waals surface area contributed by atoms with E-state index in [-0.39, 0.29) is 5.91 Å². The molecule has 0 aromatic carbocycles. The highest BCUT2D eigenvalue weighted by Gasteiger charge is 2.09. The number of nitrogens with two attached hydrogens (primary N) is 1. The molecule has 3 N–H and O–H groups in total. The molecule has 0 unspecified atom stereocenters. The van der Waals surface area contributed by atoms with E-state index in [1.165, 1.54) is 0 Å². The van der Waals surface area contributed by atoms with E-state index >= 15 is 0 Å². The van der Waals surface area contributed by atoms with Crippen molar-refractivity contribution in [3.8, 4) is 0 Å². The molecule has 4 heteroatoms. The quantitative estimate of drug-likeness (QED) is 0.508. The number of amides is 1. The van der Waals surface area contributed by atoms with Gasteiger partial charge in [-0.15, -0.1) is 0 Å². The summed E-state index contributed by atoms with van der Waals surface area (Å²) in [6.45, 7) is 1.62. The molecule has 10 heavy (non-hydrogen) atoms. The van der Waals surface area contributed by atoms with E-state index in [2.05, 4.69) is 10.3 Å². The van der Waals surface area contributed by atoms with E-state index in [0.29, 0.717) is 5.84 Å². The van der Waals surface area contributed by atoms with Crippen LogP contribution in [0.2, 0.25) is 0 Å². The Bertz CT molecular complexity index is 205. The highest BCUT2D eigenvalue weighted by Crippen LogP contribution is 1.91. The Morgan fingerprint density at radius 3 is 2.80 bits per heavy atom. The van der Waals surface area contributed by atoms with Crippen molar-refractivity contribution in [3.05, 3.63) is 12.3 Å². The van der Waals surface area contributed by atoms with Crippen LogP contribution in [0, 0.1) is 0 Å². The molecule has 1 heterocycles. The van der Waals surface area contributed by atoms with Crippen molar-refractivity contribution in [2.75, 3.05) is 0 Å². The number of carbonyl (C=O) groups is 1. The van der Waals surface area contributed by atoms with Gasteiger partial charge in [0.15, 0.2) is 0 Å². The molecular formula is C6H9N3O. The van der Waals surface area contributed by atoms with Gasteiger partial charge in [0.1, 0.15) is 5.84 Å². The molecule has 1 aliphatic heterocycles. The van der Waals surface area contributed by atoms with E-state index in [4.69, 9.17) is 5.73 Å². The zero-order chi connectivity index (χ0) is 7.56. The van der Waals surface area contributed by atoms with Crippen LogP contribution in [0.3, 0.4) is 0 Å². The second-order valence-electron chi connectivity index (χ2n) is 2.11. The van der Waals surface area contributed by atoms with E-state index in [1.54, 1.807) is 19.2 Å². The second-order valence-corrected chi connectivity index (χ2v) is 2.11. The van der Waals surface area contributed by atoms with Crippen molar-refractivity contribution in [1.82, 2.24) is 5.32 Å². The zero-order valence-corrected chi connectivity index (χ0v) is 5.66. The van der Waals surface area contributed by atoms with Crippen LogP contribution in [0.4, 0.5) is 0 Å². The molecule has 0 aromatic rings. The summed E-state index contributed by atoms with van der Waals surface area (Å²) in [5.74, 6) is 0.380. The van der Waals surface area contributed by atoms with Crippen LogP contribution < -0.4 is 11.1 Å². The molecule has 0 fully saturated rings. The normalized spacial score (nSPS) is 17.2. The predicted octanol–water partition coefficient (Wildman–Crippen LogP) is -0.624. The topological polar surface area (TPSA) is 67.5 Å². The third-order valence-electron chi connectivity index (χ3n) is 1.11. The molecule has 0 aliphatic carbocycles. The highest BCUT2D eigenvalue weighted by molar-refractivity contribution is 6.08. The minimum absolute atomic E-state index is 0.205. The van der Waals surface area contributed by atoms with Crippen LogP contribution in [0.1, 0.15) is 6.92 Å². The summed E-state index contributed by atoms with van der Waals surface area (Å²) in [7, 11) is 0. The van der Waals surface area contributed by atoms with E-state index in [9.17, 15) is 4.79 Å². The number of nitrogens with one attached hydrogen (secondary N) is 1. The third-order valence-corrected chi connectivity index (χ3v) is 1.11. The van der Waals surface area contributed by atoms with Crippen molar-refractivity contribution in [3.63, 3.8) is 0 Å². The van der Waals surface area contributed by atoms with Crippen molar-refractivity contribution >= 4 is 11.7 Å². The zero-order valence-electron chi connectivity index (χ0n) is 5.66. The van der Waals surface area contributed by atoms with Gasteiger partial charge in [-0.1, -0.05) is 0 Å². The lowest BCUT2D eigenvalue weighted by molar-refractivity contribution is -0.120. The summed E-state index contributed by atoms with van der Waals surface area (Å²) in [6, 6.07) is -0.475. The maximum Gasteiger partial charge on any atom is 0.242 e. The van der Waals surface area contributed by atoms with Crippen LogP contribution in [-0.2, 0) is 4.79 Å². The maximum absolute atomic E-state index is 10.8. The maximum atomic E-state index is 10.8. The summed E-state index contributed by atoms with van der Waals surface area (Å²) < 4.78 is 0. The fourth-order valence-electron chi connectivity index (χ4n) is 0.463. The number of aliphatic imine (C=N–C) groups is 1. The minimum atomic E-state index is -0.475. The lowest BCUT2D eigenvalue weighted by atomic mass is 10.3. The third kappa shape index (κ3) is 1.41. The first-order valence-corrected chi connectivity index (χ1v) is 3.01. The van der Waals surface area contributed by atoms with Gasteiger partial charge in [0.05, 0.1) is 6.04 Å². The van der Waals surface area contributed by atoms with Crippen LogP contribution in [0.5, 0.6) is 0 Å². The number of hydrogen-bond acceptors (Lipinski definition) is 3. The molecule has 1 rings (SSSR count). The first kappa shape index (κ1) is 6.95. The number of carbonyl (C=O) groups excluding carboxylic acids is 1. The van der Waals surface area contributed by atoms with Gasteiger partial charge in [-0.2, -0.15) is 0 Å². The van der Waals surface area contributed by atoms with Gasteiger partial charge in [-0.3, -0.25) is 4.79 Å². The molecule has 4 nitrogen and oxygen atoms in total. The van der Waals surface area contributed by atoms with Gasteiger partial charge < -0.3 is 11.1 Å². The van der Waals surface area contributed by atoms with E-state index in [1.807, 2.05) is 0 Å². The molecule has 0 aromatic heterocycles. The van der Waals surface area contributed by atoms with Crippen LogP contribution in [-0.4, -0.2) is 17.8 Å². The lowest BCUT2D eigenvalue weighted by Gasteiger charge is -2.09. The molecule has 0 bridgehead atoms. The number of nitrogens with zero attached hydrogens (tertiary/aromatic N) is 1. The standard InChI is InChI=1S/C6H9N3O/c1-4(7)6(10)9-5-2-3-8-5/h2-4H,7H2,1H3,(H,8,9,10)/t4-/m0/s1. The molecule has 54 valence electrons. The Morgan fingerprint density at radius 2 is 2.50 bits per heavy atom. The molecule has 1 aliphatic rings. The lowest BCUT2D eigenvalue weighted by Crippen LogP contribution is -2.41. The SMILES string of the molecule is C[C@H](N)C(=O)NC1=NC=C1. The molecule has 1 amide bonds. The van der Waals surface area contributed by atoms with Crippen molar-refractivity contribution in [1.29, 1.82) is 0 Å². The average molecular weight is 139 g/mol. The van der Waals surface area contributed by atoms with Gasteiger partial charge in [-0.05, 0) is 13.0 Å². The number of hydrogen-bond donors (Lipinski definition) is 2. The Kier molecular flexibility index (Phi) is 1.82. The Morgan fingerprint density at radius 1 is 1.90 bits per heavy atom. The van der Waals surface area contributed by atoms with E-state index in [0.717, 1.165) is 0 Å². The van der Waals surface area contributed by atoms with Crippen LogP contribution in [0.25, 0.3) is 0 Å². The first-order valence-electron chi connectivity index (χ1n) is 3.01. The highest BCUT2D eigenvalue weighted by atomic mass is 16.2. The monoisotopic (exact) mass is 139 g/mol. The summed E-state index contributed by atoms with van der Waals surface area (Å²) in [5.41, 5.74) is 5.27. The summed E-state index contributed by atoms with van der Waals surface area (Å²) in [6.07, 6.45) is 3.32. The summed E-state index contributed by atoms with van der Waals surface area (Å²) >= 11 is 0. The van der Waals surface area contributed by atoms with Crippen molar-refractivity contribution < 1.29 is 4.79 Å². The summed E-state index contributed by atoms with van der Waals surface area (Å²) in [4.78, 5) is 14.5. The Hall–Kier alpha value is -1.16. The number of amidine groups is 1. The summed E-state index contributed by atoms with van der Waals surface area (Å²) in [5, 5.41) is 2.52. The molecule has 0 saturated carbocycles. The Balaban J connectivity index is 2.31. The van der Waals surface area contributed by atoms with Crippen molar-refractivity contribution in [2.24, 2.45) is 10.7 Å². The molecule has 1 atom stereocenters. The van der Waals surface area contributed by atoms with Gasteiger partial charge in [0, 0.05) is 6.20 Å². The number of rotatable bonds is 1. The molecular weight excluding hydrogens is 130 g/mol. The van der Waals surface area contributed by atoms with Crippen molar-refractivity contribution in [2.45, 2.75) is 13.0 Å². The predicted molar refractivity (Wildman–Crippen MR) is 38.4 cm³/mol. The smallest absolute Gasteiger partial charge is 0.242 e. The molecule has 0 spiro atoms. The van der Waals surface area contributed by atoms with Gasteiger partial charge in [-0.25, -0.2) is 4.99 Å². The fraction of sp³-hybridized carbons (Fsp3) is 0.333. The minimum Gasteiger partial charge on any atom is -0.320 e. The van der Waals surface area contributed by atoms with Gasteiger partial charge >= 0.3 is 0 Å².